The smallest absolute Gasteiger partial charge is 0.161 e. The molecular formula is C43H28N2. The van der Waals surface area contributed by atoms with Crippen LogP contribution in [0.25, 0.3) is 55.4 Å². The van der Waals surface area contributed by atoms with Crippen LogP contribution in [-0.4, -0.2) is 9.97 Å². The summed E-state index contributed by atoms with van der Waals surface area (Å²) in [6, 6.07) is 60.8. The molecule has 0 unspecified atom stereocenters. The van der Waals surface area contributed by atoms with Gasteiger partial charge in [0.1, 0.15) is 0 Å². The molecule has 0 amide bonds. The van der Waals surface area contributed by atoms with Crippen molar-refractivity contribution >= 4 is 21.7 Å². The van der Waals surface area contributed by atoms with Crippen molar-refractivity contribution in [3.05, 3.63) is 192 Å². The van der Waals surface area contributed by atoms with E-state index in [0.29, 0.717) is 0 Å². The van der Waals surface area contributed by atoms with Crippen LogP contribution in [0.2, 0.25) is 0 Å². The van der Waals surface area contributed by atoms with Gasteiger partial charge in [-0.25, -0.2) is 9.97 Å². The predicted octanol–water partition coefficient (Wildman–Crippen LogP) is 10.5. The topological polar surface area (TPSA) is 25.8 Å². The van der Waals surface area contributed by atoms with E-state index in [1.165, 1.54) is 38.8 Å². The molecule has 210 valence electrons. The molecule has 1 heterocycles. The minimum atomic E-state index is -0.480. The van der Waals surface area contributed by atoms with Gasteiger partial charge in [0.15, 0.2) is 5.82 Å². The quantitative estimate of drug-likeness (QED) is 0.210. The highest BCUT2D eigenvalue weighted by Gasteiger charge is 2.47. The van der Waals surface area contributed by atoms with Crippen molar-refractivity contribution < 1.29 is 0 Å². The van der Waals surface area contributed by atoms with Crippen LogP contribution in [0.5, 0.6) is 0 Å². The molecule has 8 aromatic rings. The van der Waals surface area contributed by atoms with E-state index in [1.54, 1.807) is 0 Å². The van der Waals surface area contributed by atoms with Gasteiger partial charge < -0.3 is 0 Å². The van der Waals surface area contributed by atoms with Crippen LogP contribution in [0.1, 0.15) is 22.3 Å². The zero-order chi connectivity index (χ0) is 29.8. The molecule has 0 spiro atoms. The van der Waals surface area contributed by atoms with Gasteiger partial charge in [0.05, 0.1) is 16.6 Å². The maximum absolute atomic E-state index is 5.27. The maximum Gasteiger partial charge on any atom is 0.161 e. The van der Waals surface area contributed by atoms with E-state index in [4.69, 9.17) is 9.97 Å². The highest BCUT2D eigenvalue weighted by atomic mass is 14.9. The summed E-state index contributed by atoms with van der Waals surface area (Å²) in [5.41, 5.74) is 11.2. The van der Waals surface area contributed by atoms with Gasteiger partial charge in [-0.3, -0.25) is 0 Å². The molecule has 0 fully saturated rings. The number of nitrogens with zero attached hydrogens (tertiary/aromatic N) is 2. The molecule has 1 aliphatic rings. The number of rotatable bonds is 4. The first kappa shape index (κ1) is 25.6. The van der Waals surface area contributed by atoms with E-state index in [-0.39, 0.29) is 0 Å². The molecule has 0 bridgehead atoms. The first-order valence-electron chi connectivity index (χ1n) is 15.4. The molecule has 7 aromatic carbocycles. The number of para-hydroxylation sites is 1. The molecule has 9 rings (SSSR count). The Labute approximate surface area is 262 Å². The number of hydrogen-bond acceptors (Lipinski definition) is 2. The second kappa shape index (κ2) is 10.1. The predicted molar refractivity (Wildman–Crippen MR) is 185 cm³/mol. The third-order valence-electron chi connectivity index (χ3n) is 9.36. The van der Waals surface area contributed by atoms with Crippen molar-refractivity contribution in [3.63, 3.8) is 0 Å². The van der Waals surface area contributed by atoms with Gasteiger partial charge in [-0.15, -0.1) is 0 Å². The van der Waals surface area contributed by atoms with Crippen LogP contribution >= 0.6 is 0 Å². The Balaban J connectivity index is 1.39. The average Bonchev–Trinajstić information content (AvgIpc) is 3.44. The average molecular weight is 573 g/mol. The lowest BCUT2D eigenvalue weighted by Gasteiger charge is -2.34. The normalized spacial score (nSPS) is 13.1. The third-order valence-corrected chi connectivity index (χ3v) is 9.36. The third kappa shape index (κ3) is 3.76. The van der Waals surface area contributed by atoms with Crippen LogP contribution in [-0.2, 0) is 5.41 Å². The lowest BCUT2D eigenvalue weighted by atomic mass is 9.66. The van der Waals surface area contributed by atoms with Gasteiger partial charge in [0.25, 0.3) is 0 Å². The summed E-state index contributed by atoms with van der Waals surface area (Å²) in [6.07, 6.45) is 0. The van der Waals surface area contributed by atoms with E-state index in [0.717, 1.165) is 38.9 Å². The molecular weight excluding hydrogens is 544 g/mol. The van der Waals surface area contributed by atoms with Crippen molar-refractivity contribution in [3.8, 4) is 33.8 Å². The molecule has 0 saturated carbocycles. The Hall–Kier alpha value is -5.86. The molecule has 0 aliphatic heterocycles. The highest BCUT2D eigenvalue weighted by molar-refractivity contribution is 6.06. The second-order valence-electron chi connectivity index (χ2n) is 11.7. The summed E-state index contributed by atoms with van der Waals surface area (Å²) in [7, 11) is 0. The summed E-state index contributed by atoms with van der Waals surface area (Å²) >= 11 is 0. The van der Waals surface area contributed by atoms with Crippen molar-refractivity contribution in [2.24, 2.45) is 0 Å². The van der Waals surface area contributed by atoms with Crippen molar-refractivity contribution in [1.29, 1.82) is 0 Å². The Morgan fingerprint density at radius 3 is 1.73 bits per heavy atom. The SMILES string of the molecule is c1ccc(-c2nc(-c3cccc4c5c(ccc34)-c3ccccc3C5(c3ccccc3)c3ccccc3)nc3ccccc23)cc1. The first-order chi connectivity index (χ1) is 22.3. The molecule has 1 aliphatic carbocycles. The standard InChI is InChI=1S/C43H28N2/c1-4-15-29(16-5-1)41-37-22-11-13-26-39(37)44-42(45-41)36-24-14-23-34-32(36)27-28-35-33-21-10-12-25-38(33)43(40(34)35,30-17-6-2-7-18-30)31-19-8-3-9-20-31/h1-28H. The highest BCUT2D eigenvalue weighted by Crippen LogP contribution is 2.58. The monoisotopic (exact) mass is 572 g/mol. The zero-order valence-corrected chi connectivity index (χ0v) is 24.6. The van der Waals surface area contributed by atoms with Crippen LogP contribution in [0.3, 0.4) is 0 Å². The second-order valence-corrected chi connectivity index (χ2v) is 11.7. The molecule has 0 radical (unpaired) electrons. The Bertz CT molecular complexity index is 2320. The fourth-order valence-electron chi connectivity index (χ4n) is 7.52. The van der Waals surface area contributed by atoms with Gasteiger partial charge in [-0.1, -0.05) is 164 Å². The van der Waals surface area contributed by atoms with Crippen molar-refractivity contribution in [1.82, 2.24) is 9.97 Å². The van der Waals surface area contributed by atoms with Gasteiger partial charge >= 0.3 is 0 Å². The fraction of sp³-hybridized carbons (Fsp3) is 0.0233. The number of fused-ring (bicyclic) bond motifs is 6. The Morgan fingerprint density at radius 1 is 0.378 bits per heavy atom. The van der Waals surface area contributed by atoms with E-state index in [2.05, 4.69) is 164 Å². The summed E-state index contributed by atoms with van der Waals surface area (Å²) in [6.45, 7) is 0. The molecule has 2 heteroatoms. The Morgan fingerprint density at radius 2 is 0.978 bits per heavy atom. The Kier molecular flexibility index (Phi) is 5.76. The molecule has 0 atom stereocenters. The lowest BCUT2D eigenvalue weighted by molar-refractivity contribution is 0.775. The lowest BCUT2D eigenvalue weighted by Crippen LogP contribution is -2.28. The van der Waals surface area contributed by atoms with Gasteiger partial charge in [-0.05, 0) is 50.2 Å². The van der Waals surface area contributed by atoms with Crippen LogP contribution in [0, 0.1) is 0 Å². The maximum atomic E-state index is 5.27. The molecule has 1 aromatic heterocycles. The number of benzene rings is 7. The van der Waals surface area contributed by atoms with Crippen molar-refractivity contribution in [2.75, 3.05) is 0 Å². The number of aromatic nitrogens is 2. The van der Waals surface area contributed by atoms with Gasteiger partial charge in [0.2, 0.25) is 0 Å². The van der Waals surface area contributed by atoms with Gasteiger partial charge in [-0.2, -0.15) is 0 Å². The number of hydrogen-bond donors (Lipinski definition) is 0. The van der Waals surface area contributed by atoms with E-state index in [9.17, 15) is 0 Å². The largest absolute Gasteiger partial charge is 0.228 e. The van der Waals surface area contributed by atoms with E-state index >= 15 is 0 Å². The van der Waals surface area contributed by atoms with Crippen LogP contribution in [0.4, 0.5) is 0 Å². The van der Waals surface area contributed by atoms with Crippen LogP contribution < -0.4 is 0 Å². The van der Waals surface area contributed by atoms with E-state index < -0.39 is 5.41 Å². The summed E-state index contributed by atoms with van der Waals surface area (Å²) in [4.78, 5) is 10.4. The summed E-state index contributed by atoms with van der Waals surface area (Å²) < 4.78 is 0. The molecule has 0 N–H and O–H groups in total. The fourth-order valence-corrected chi connectivity index (χ4v) is 7.52. The minimum absolute atomic E-state index is 0.480. The first-order valence-corrected chi connectivity index (χ1v) is 15.4. The van der Waals surface area contributed by atoms with Crippen LogP contribution in [0.15, 0.2) is 170 Å². The van der Waals surface area contributed by atoms with E-state index in [1.807, 2.05) is 6.07 Å². The minimum Gasteiger partial charge on any atom is -0.228 e. The van der Waals surface area contributed by atoms with Crippen molar-refractivity contribution in [2.45, 2.75) is 5.41 Å². The molecule has 2 nitrogen and oxygen atoms in total. The summed E-state index contributed by atoms with van der Waals surface area (Å²) in [5, 5.41) is 3.41. The zero-order valence-electron chi connectivity index (χ0n) is 24.6. The van der Waals surface area contributed by atoms with Gasteiger partial charge in [0, 0.05) is 16.5 Å². The molecule has 45 heavy (non-hydrogen) atoms. The summed E-state index contributed by atoms with van der Waals surface area (Å²) in [5.74, 6) is 0.735. The molecule has 0 saturated heterocycles.